The first-order valence-electron chi connectivity index (χ1n) is 7.97. The summed E-state index contributed by atoms with van der Waals surface area (Å²) < 4.78 is 11.1. The molecule has 0 saturated carbocycles. The summed E-state index contributed by atoms with van der Waals surface area (Å²) in [5, 5.41) is 12.6. The van der Waals surface area contributed by atoms with Gasteiger partial charge in [-0.05, 0) is 36.4 Å². The van der Waals surface area contributed by atoms with Gasteiger partial charge in [0.15, 0.2) is 0 Å². The van der Waals surface area contributed by atoms with Crippen molar-refractivity contribution in [2.24, 2.45) is 0 Å². The van der Waals surface area contributed by atoms with Crippen LogP contribution in [-0.2, 0) is 0 Å². The van der Waals surface area contributed by atoms with Crippen molar-refractivity contribution in [3.8, 4) is 11.5 Å². The number of pyridine rings is 2. The first-order chi connectivity index (χ1) is 13.0. The molecule has 2 heterocycles. The molecular weight excluding hydrogens is 399 g/mol. The van der Waals surface area contributed by atoms with E-state index in [1.165, 1.54) is 6.20 Å². The summed E-state index contributed by atoms with van der Waals surface area (Å²) in [4.78, 5) is 4.18. The van der Waals surface area contributed by atoms with Crippen molar-refractivity contribution in [3.05, 3.63) is 71.0 Å². The second kappa shape index (κ2) is 9.44. The Bertz CT molecular complexity index is 1100. The molecule has 0 aliphatic carbocycles. The number of hydrogen-bond donors (Lipinski definition) is 1. The van der Waals surface area contributed by atoms with Gasteiger partial charge in [0, 0.05) is 22.4 Å². The number of halogens is 2. The van der Waals surface area contributed by atoms with Crippen molar-refractivity contribution >= 4 is 45.0 Å². The molecule has 0 amide bonds. The quantitative estimate of drug-likeness (QED) is 0.341. The van der Waals surface area contributed by atoms with E-state index < -0.39 is 0 Å². The number of aromatic nitrogens is 2. The standard InChI is InChI=1S/C10H9ClNO2.C10H8ClNO.CH4/c1-14-9-3-2-7-4-8(11)6-12(13)10(7)5-9;1-13-9-3-2-7-4-8(11)6-12-10(7)5-9;/h2-6,13H,1H3;2-6H,1H3;1H4/q+1;;. The third kappa shape index (κ3) is 4.94. The summed E-state index contributed by atoms with van der Waals surface area (Å²) >= 11 is 11.6. The van der Waals surface area contributed by atoms with Gasteiger partial charge in [-0.25, -0.2) is 0 Å². The molecule has 0 bridgehead atoms. The highest BCUT2D eigenvalue weighted by Gasteiger charge is 2.10. The molecule has 0 saturated heterocycles. The van der Waals surface area contributed by atoms with Crippen LogP contribution in [0.25, 0.3) is 21.8 Å². The summed E-state index contributed by atoms with van der Waals surface area (Å²) in [6.45, 7) is 0. The van der Waals surface area contributed by atoms with Crippen molar-refractivity contribution in [2.75, 3.05) is 14.2 Å². The van der Waals surface area contributed by atoms with Crippen molar-refractivity contribution < 1.29 is 19.4 Å². The van der Waals surface area contributed by atoms with Gasteiger partial charge in [-0.3, -0.25) is 10.2 Å². The highest BCUT2D eigenvalue weighted by Crippen LogP contribution is 2.21. The zero-order valence-electron chi connectivity index (χ0n) is 14.7. The third-order valence-corrected chi connectivity index (χ3v) is 4.29. The summed E-state index contributed by atoms with van der Waals surface area (Å²) in [5.74, 6) is 1.50. The summed E-state index contributed by atoms with van der Waals surface area (Å²) in [6.07, 6.45) is 3.06. The molecule has 0 atom stereocenters. The minimum atomic E-state index is 0. The van der Waals surface area contributed by atoms with Crippen LogP contribution in [0.1, 0.15) is 7.43 Å². The van der Waals surface area contributed by atoms with Gasteiger partial charge < -0.3 is 9.47 Å². The van der Waals surface area contributed by atoms with Crippen LogP contribution in [-0.4, -0.2) is 24.4 Å². The van der Waals surface area contributed by atoms with E-state index in [1.807, 2.05) is 36.4 Å². The molecule has 1 N–H and O–H groups in total. The topological polar surface area (TPSA) is 55.5 Å². The van der Waals surface area contributed by atoms with Gasteiger partial charge in [0.25, 0.3) is 5.52 Å². The normalized spacial score (nSPS) is 10.0. The van der Waals surface area contributed by atoms with E-state index in [-0.39, 0.29) is 7.43 Å². The fourth-order valence-electron chi connectivity index (χ4n) is 2.54. The molecule has 0 spiro atoms. The van der Waals surface area contributed by atoms with Crippen LogP contribution in [0.5, 0.6) is 11.5 Å². The lowest BCUT2D eigenvalue weighted by atomic mass is 10.2. The molecule has 2 aromatic carbocycles. The Hall–Kier alpha value is -2.76. The second-order valence-corrected chi connectivity index (χ2v) is 6.51. The summed E-state index contributed by atoms with van der Waals surface area (Å²) in [5.41, 5.74) is 1.55. The minimum absolute atomic E-state index is 0. The fraction of sp³-hybridized carbons (Fsp3) is 0.143. The van der Waals surface area contributed by atoms with E-state index in [1.54, 1.807) is 32.5 Å². The van der Waals surface area contributed by atoms with Gasteiger partial charge in [0.05, 0.1) is 36.2 Å². The number of rotatable bonds is 2. The predicted octanol–water partition coefficient (Wildman–Crippen LogP) is 5.56. The Morgan fingerprint density at radius 1 is 0.857 bits per heavy atom. The van der Waals surface area contributed by atoms with Crippen LogP contribution in [0, 0.1) is 0 Å². The molecule has 146 valence electrons. The molecule has 7 heteroatoms. The molecule has 0 unspecified atom stereocenters. The number of methoxy groups -OCH3 is 2. The number of benzene rings is 2. The maximum Gasteiger partial charge on any atom is 0.268 e. The van der Waals surface area contributed by atoms with Gasteiger partial charge >= 0.3 is 0 Å². The van der Waals surface area contributed by atoms with E-state index in [4.69, 9.17) is 32.7 Å². The van der Waals surface area contributed by atoms with E-state index in [0.29, 0.717) is 21.3 Å². The maximum absolute atomic E-state index is 9.55. The maximum atomic E-state index is 9.55. The van der Waals surface area contributed by atoms with Crippen molar-refractivity contribution in [3.63, 3.8) is 0 Å². The molecule has 4 rings (SSSR count). The molecule has 5 nitrogen and oxygen atoms in total. The predicted molar refractivity (Wildman–Crippen MR) is 113 cm³/mol. The van der Waals surface area contributed by atoms with Crippen LogP contribution in [0.3, 0.4) is 0 Å². The zero-order chi connectivity index (χ0) is 19.4. The van der Waals surface area contributed by atoms with E-state index in [9.17, 15) is 5.21 Å². The lowest BCUT2D eigenvalue weighted by Crippen LogP contribution is -2.30. The molecule has 0 fully saturated rings. The first-order valence-corrected chi connectivity index (χ1v) is 8.73. The van der Waals surface area contributed by atoms with E-state index >= 15 is 0 Å². The monoisotopic (exact) mass is 419 g/mol. The van der Waals surface area contributed by atoms with Crippen LogP contribution in [0.4, 0.5) is 0 Å². The Morgan fingerprint density at radius 3 is 2.14 bits per heavy atom. The minimum Gasteiger partial charge on any atom is -0.497 e. The molecule has 0 radical (unpaired) electrons. The number of hydrogen-bond acceptors (Lipinski definition) is 4. The molecule has 4 aromatic rings. The van der Waals surface area contributed by atoms with E-state index in [2.05, 4.69) is 4.98 Å². The fourth-order valence-corrected chi connectivity index (χ4v) is 2.92. The Balaban J connectivity index is 0.000000194. The van der Waals surface area contributed by atoms with Gasteiger partial charge in [0.1, 0.15) is 16.5 Å². The molecule has 28 heavy (non-hydrogen) atoms. The number of ether oxygens (including phenoxy) is 2. The highest BCUT2D eigenvalue weighted by molar-refractivity contribution is 6.31. The Labute approximate surface area is 173 Å². The third-order valence-electron chi connectivity index (χ3n) is 3.88. The van der Waals surface area contributed by atoms with Crippen LogP contribution in [0.2, 0.25) is 10.0 Å². The van der Waals surface area contributed by atoms with Gasteiger partial charge in [-0.1, -0.05) is 30.6 Å². The van der Waals surface area contributed by atoms with Gasteiger partial charge in [-0.2, -0.15) is 0 Å². The van der Waals surface area contributed by atoms with Crippen LogP contribution < -0.4 is 14.2 Å². The molecule has 2 aromatic heterocycles. The Kier molecular flexibility index (Phi) is 7.26. The second-order valence-electron chi connectivity index (χ2n) is 5.64. The average Bonchev–Trinajstić information content (AvgIpc) is 2.67. The Morgan fingerprint density at radius 2 is 1.46 bits per heavy atom. The zero-order valence-corrected chi connectivity index (χ0v) is 16.2. The largest absolute Gasteiger partial charge is 0.497 e. The molecule has 0 aliphatic heterocycles. The van der Waals surface area contributed by atoms with E-state index in [0.717, 1.165) is 26.8 Å². The lowest BCUT2D eigenvalue weighted by molar-refractivity contribution is -0.884. The van der Waals surface area contributed by atoms with Crippen molar-refractivity contribution in [1.29, 1.82) is 0 Å². The van der Waals surface area contributed by atoms with Gasteiger partial charge in [-0.15, -0.1) is 0 Å². The summed E-state index contributed by atoms with van der Waals surface area (Å²) in [7, 11) is 3.22. The van der Waals surface area contributed by atoms with Crippen molar-refractivity contribution in [2.45, 2.75) is 7.43 Å². The summed E-state index contributed by atoms with van der Waals surface area (Å²) in [6, 6.07) is 14.8. The van der Waals surface area contributed by atoms with Gasteiger partial charge in [0.2, 0.25) is 6.20 Å². The smallest absolute Gasteiger partial charge is 0.268 e. The number of fused-ring (bicyclic) bond motifs is 2. The highest BCUT2D eigenvalue weighted by atomic mass is 35.5. The number of nitrogens with zero attached hydrogens (tertiary/aromatic N) is 2. The van der Waals surface area contributed by atoms with Crippen LogP contribution in [0.15, 0.2) is 60.9 Å². The average molecular weight is 420 g/mol. The SMILES string of the molecule is C.COc1ccc2cc(Cl)c[n+](O)c2c1.COc1ccc2cc(Cl)cnc2c1. The van der Waals surface area contributed by atoms with Crippen molar-refractivity contribution in [1.82, 2.24) is 4.98 Å². The first kappa shape index (κ1) is 21.5. The van der Waals surface area contributed by atoms with Crippen LogP contribution >= 0.6 is 23.2 Å². The molecular formula is C21H21Cl2N2O3+. The molecule has 0 aliphatic rings. The lowest BCUT2D eigenvalue weighted by Gasteiger charge is -2.01.